The molecule has 3 nitrogen and oxygen atoms in total. The van der Waals surface area contributed by atoms with Gasteiger partial charge in [0.25, 0.3) is 0 Å². The number of imidazole rings is 1. The number of halogens is 3. The summed E-state index contributed by atoms with van der Waals surface area (Å²) in [4.78, 5) is 0. The molecule has 0 saturated heterocycles. The molecule has 31 heavy (non-hydrogen) atoms. The Labute approximate surface area is 221 Å². The predicted octanol–water partition coefficient (Wildman–Crippen LogP) is 7.10. The van der Waals surface area contributed by atoms with Crippen molar-refractivity contribution >= 4 is 45.7 Å². The second-order valence-electron chi connectivity index (χ2n) is 6.88. The van der Waals surface area contributed by atoms with Crippen molar-refractivity contribution in [2.24, 2.45) is 14.1 Å². The van der Waals surface area contributed by atoms with Crippen LogP contribution in [0.3, 0.4) is 0 Å². The Morgan fingerprint density at radius 1 is 0.742 bits per heavy atom. The minimum atomic E-state index is -0.179. The van der Waals surface area contributed by atoms with E-state index in [1.165, 1.54) is 38.5 Å². The average Bonchev–Trinajstić information content (AvgIpc) is 3.01. The normalized spacial score (nSPS) is 10.7. The van der Waals surface area contributed by atoms with Gasteiger partial charge in [0.2, 0.25) is 0 Å². The van der Waals surface area contributed by atoms with Gasteiger partial charge in [-0.1, -0.05) is 12.1 Å². The van der Waals surface area contributed by atoms with Gasteiger partial charge in [-0.3, -0.25) is 0 Å². The molecule has 0 N–H and O–H groups in total. The van der Waals surface area contributed by atoms with Gasteiger partial charge in [-0.05, 0) is 17.7 Å². The minimum absolute atomic E-state index is 0.179. The standard InChI is InChI=1S/C17H16N2.C7H6FI2N.Pt/c1-18-13-19(2)17(15-11-7-4-8-12-15)16(18)14-9-5-3-6-10-14;8-7-3-1-6(2-4-7)5-11(9)10;/h3-12H,1-2H3;1-4H,5H2;. The molecule has 4 rings (SSSR count). The maximum Gasteiger partial charge on any atom is 0.123 e. The van der Waals surface area contributed by atoms with Crippen LogP contribution in [-0.4, -0.2) is 10.5 Å². The van der Waals surface area contributed by atoms with E-state index in [0.29, 0.717) is 0 Å². The van der Waals surface area contributed by atoms with Crippen LogP contribution in [0.25, 0.3) is 22.5 Å². The van der Waals surface area contributed by atoms with Gasteiger partial charge in [0.15, 0.2) is 0 Å². The van der Waals surface area contributed by atoms with E-state index in [4.69, 9.17) is 0 Å². The Morgan fingerprint density at radius 3 is 1.55 bits per heavy atom. The van der Waals surface area contributed by atoms with E-state index in [9.17, 15) is 4.39 Å². The summed E-state index contributed by atoms with van der Waals surface area (Å²) in [5.74, 6) is -0.179. The van der Waals surface area contributed by atoms with Crippen LogP contribution in [0.4, 0.5) is 4.39 Å². The summed E-state index contributed by atoms with van der Waals surface area (Å²) in [6.45, 7) is 0.835. The van der Waals surface area contributed by atoms with E-state index in [0.717, 1.165) is 12.1 Å². The van der Waals surface area contributed by atoms with Crippen LogP contribution in [-0.2, 0) is 40.0 Å². The molecular formula is C24H22FI2N3Pt. The number of aromatic nitrogens is 2. The summed E-state index contributed by atoms with van der Waals surface area (Å²) >= 11 is 6.74. The van der Waals surface area contributed by atoms with Gasteiger partial charge in [-0.15, -0.1) is 0 Å². The summed E-state index contributed by atoms with van der Waals surface area (Å²) in [5.41, 5.74) is 6.12. The number of hydrogen-bond acceptors (Lipinski definition) is 1. The van der Waals surface area contributed by atoms with Crippen molar-refractivity contribution in [2.45, 2.75) is 6.54 Å². The Morgan fingerprint density at radius 2 is 1.16 bits per heavy atom. The zero-order valence-corrected chi connectivity index (χ0v) is 23.7. The molecule has 1 aromatic heterocycles. The van der Waals surface area contributed by atoms with Crippen LogP contribution in [0.5, 0.6) is 0 Å². The van der Waals surface area contributed by atoms with E-state index in [1.54, 1.807) is 12.1 Å². The van der Waals surface area contributed by atoms with Crippen LogP contribution in [0.2, 0.25) is 0 Å². The molecule has 0 spiro atoms. The number of hydrogen-bond donors (Lipinski definition) is 0. The molecule has 0 aliphatic carbocycles. The van der Waals surface area contributed by atoms with Crippen molar-refractivity contribution in [2.75, 3.05) is 0 Å². The number of rotatable bonds is 4. The number of benzene rings is 3. The molecule has 0 amide bonds. The van der Waals surface area contributed by atoms with Gasteiger partial charge in [-0.2, -0.15) is 1.33 Å². The smallest absolute Gasteiger partial charge is 0.123 e. The molecule has 0 radical (unpaired) electrons. The first-order valence-corrected chi connectivity index (χ1v) is 12.6. The van der Waals surface area contributed by atoms with Crippen molar-refractivity contribution in [1.82, 2.24) is 10.5 Å². The molecule has 0 aliphatic rings. The largest absolute Gasteiger partial charge is 0.207 e. The average molecular weight is 820 g/mol. The summed E-state index contributed by atoms with van der Waals surface area (Å²) in [6, 6.07) is 27.7. The summed E-state index contributed by atoms with van der Waals surface area (Å²) in [6.07, 6.45) is 0. The molecule has 0 bridgehead atoms. The Balaban J connectivity index is 0.000000210. The van der Waals surface area contributed by atoms with Crippen molar-refractivity contribution in [3.63, 3.8) is 0 Å². The second-order valence-corrected chi connectivity index (χ2v) is 12.1. The summed E-state index contributed by atoms with van der Waals surface area (Å²) in [5, 5.41) is 0. The van der Waals surface area contributed by atoms with Gasteiger partial charge in [0, 0.05) is 52.3 Å². The predicted molar refractivity (Wildman–Crippen MR) is 138 cm³/mol. The van der Waals surface area contributed by atoms with E-state index < -0.39 is 0 Å². The Kier molecular flexibility index (Phi) is 9.25. The van der Waals surface area contributed by atoms with E-state index in [2.05, 4.69) is 149 Å². The first-order valence-electron chi connectivity index (χ1n) is 9.54. The topological polar surface area (TPSA) is 13.1 Å². The van der Waals surface area contributed by atoms with Crippen molar-refractivity contribution in [3.8, 4) is 22.5 Å². The molecule has 0 unspecified atom stereocenters. The second kappa shape index (κ2) is 11.7. The van der Waals surface area contributed by atoms with Crippen LogP contribution < -0.4 is 0 Å². The van der Waals surface area contributed by atoms with Crippen molar-refractivity contribution < 1.29 is 23.7 Å². The van der Waals surface area contributed by atoms with Gasteiger partial charge in [0.05, 0.1) is 0 Å². The van der Waals surface area contributed by atoms with Crippen LogP contribution in [0, 0.1) is 9.62 Å². The first kappa shape index (κ1) is 24.5. The molecule has 7 heteroatoms. The molecule has 0 saturated carbocycles. The SMILES string of the molecule is Cn1c(-c2ccccc2)c(-c2ccccc2)n(C)[c]1=[Pt].Fc1ccc(CN(I)I)cc1. The third-order valence-corrected chi connectivity index (χ3v) is 6.92. The van der Waals surface area contributed by atoms with Crippen LogP contribution >= 0.6 is 45.7 Å². The zero-order chi connectivity index (χ0) is 22.4. The number of nitrogens with zero attached hydrogens (tertiary/aromatic N) is 3. The van der Waals surface area contributed by atoms with E-state index in [1.807, 2.05) is 1.33 Å². The Bertz CT molecular complexity index is 1110. The molecule has 164 valence electrons. The van der Waals surface area contributed by atoms with E-state index in [-0.39, 0.29) is 5.82 Å². The zero-order valence-electron chi connectivity index (χ0n) is 17.1. The quantitative estimate of drug-likeness (QED) is 0.158. The first-order chi connectivity index (χ1) is 14.9. The van der Waals surface area contributed by atoms with Gasteiger partial charge in [0.1, 0.15) is 5.82 Å². The van der Waals surface area contributed by atoms with Gasteiger partial charge in [-0.25, -0.2) is 4.39 Å². The molecule has 0 atom stereocenters. The molecule has 1 heterocycles. The van der Waals surface area contributed by atoms with Crippen LogP contribution in [0.1, 0.15) is 5.56 Å². The Hall–Kier alpha value is -1.09. The van der Waals surface area contributed by atoms with Gasteiger partial charge < -0.3 is 0 Å². The maximum absolute atomic E-state index is 12.4. The molecule has 3 aromatic carbocycles. The summed E-state index contributed by atoms with van der Waals surface area (Å²) < 4.78 is 20.1. The third-order valence-electron chi connectivity index (χ3n) is 4.72. The van der Waals surface area contributed by atoms with Crippen molar-refractivity contribution in [1.29, 1.82) is 0 Å². The fourth-order valence-electron chi connectivity index (χ4n) is 3.29. The summed E-state index contributed by atoms with van der Waals surface area (Å²) in [7, 11) is 4.24. The molecule has 0 aliphatic heterocycles. The van der Waals surface area contributed by atoms with Crippen molar-refractivity contribution in [3.05, 3.63) is 100 Å². The monoisotopic (exact) mass is 820 g/mol. The fourth-order valence-corrected chi connectivity index (χ4v) is 4.59. The molecular weight excluding hydrogens is 798 g/mol. The fraction of sp³-hybridized carbons (Fsp3) is 0.125. The molecule has 0 fully saturated rings. The third kappa shape index (κ3) is 6.46. The van der Waals surface area contributed by atoms with Gasteiger partial charge >= 0.3 is 130 Å². The van der Waals surface area contributed by atoms with Crippen LogP contribution in [0.15, 0.2) is 84.9 Å². The van der Waals surface area contributed by atoms with E-state index >= 15 is 0 Å². The minimum Gasteiger partial charge on any atom is -0.207 e. The molecule has 4 aromatic rings. The maximum atomic E-state index is 12.4.